The number of hydrogen-bond donors (Lipinski definition) is 2. The Hall–Kier alpha value is -3.35. The van der Waals surface area contributed by atoms with Crippen LogP contribution in [0.1, 0.15) is 16.2 Å². The number of rotatable bonds is 4. The lowest BCUT2D eigenvalue weighted by atomic mass is 10.2. The van der Waals surface area contributed by atoms with E-state index in [2.05, 4.69) is 20.6 Å². The predicted octanol–water partition coefficient (Wildman–Crippen LogP) is 4.06. The fourth-order valence-corrected chi connectivity index (χ4v) is 2.16. The van der Waals surface area contributed by atoms with Crippen molar-refractivity contribution in [3.63, 3.8) is 0 Å². The molecule has 0 aliphatic rings. The van der Waals surface area contributed by atoms with Gasteiger partial charge in [-0.05, 0) is 37.3 Å². The fourth-order valence-electron chi connectivity index (χ4n) is 2.16. The topological polar surface area (TPSA) is 66.9 Å². The van der Waals surface area contributed by atoms with Crippen LogP contribution in [0.5, 0.6) is 0 Å². The first-order valence-electron chi connectivity index (χ1n) is 7.45. The number of aromatic nitrogens is 2. The summed E-state index contributed by atoms with van der Waals surface area (Å²) in [5.41, 5.74) is 1.61. The number of hydrogen-bond acceptors (Lipinski definition) is 4. The van der Waals surface area contributed by atoms with E-state index in [0.717, 1.165) is 17.8 Å². The third-order valence-electron chi connectivity index (χ3n) is 3.29. The van der Waals surface area contributed by atoms with Crippen molar-refractivity contribution < 1.29 is 13.6 Å². The molecule has 0 radical (unpaired) electrons. The third kappa shape index (κ3) is 4.14. The van der Waals surface area contributed by atoms with Crippen LogP contribution < -0.4 is 10.6 Å². The predicted molar refractivity (Wildman–Crippen MR) is 90.8 cm³/mol. The molecule has 7 heteroatoms. The van der Waals surface area contributed by atoms with Crippen LogP contribution in [0.15, 0.2) is 54.6 Å². The molecule has 3 aromatic rings. The van der Waals surface area contributed by atoms with Crippen molar-refractivity contribution in [2.45, 2.75) is 6.92 Å². The molecule has 3 rings (SSSR count). The maximum Gasteiger partial charge on any atom is 0.274 e. The van der Waals surface area contributed by atoms with Gasteiger partial charge in [0, 0.05) is 23.1 Å². The average molecular weight is 340 g/mol. The van der Waals surface area contributed by atoms with Crippen LogP contribution in [0.25, 0.3) is 0 Å². The first-order chi connectivity index (χ1) is 12.0. The molecule has 25 heavy (non-hydrogen) atoms. The number of para-hydroxylation sites is 1. The van der Waals surface area contributed by atoms with Gasteiger partial charge in [0.05, 0.1) is 0 Å². The van der Waals surface area contributed by atoms with E-state index in [1.807, 2.05) is 30.3 Å². The van der Waals surface area contributed by atoms with E-state index < -0.39 is 17.5 Å². The van der Waals surface area contributed by atoms with Crippen molar-refractivity contribution in [3.05, 3.63) is 77.6 Å². The summed E-state index contributed by atoms with van der Waals surface area (Å²) in [4.78, 5) is 20.7. The van der Waals surface area contributed by atoms with Crippen LogP contribution in [0.3, 0.4) is 0 Å². The molecule has 0 unspecified atom stereocenters. The Bertz CT molecular complexity index is 916. The lowest BCUT2D eigenvalue weighted by Crippen LogP contribution is -2.15. The lowest BCUT2D eigenvalue weighted by Gasteiger charge is -2.09. The molecule has 0 saturated carbocycles. The Balaban J connectivity index is 1.81. The summed E-state index contributed by atoms with van der Waals surface area (Å²) < 4.78 is 26.2. The summed E-state index contributed by atoms with van der Waals surface area (Å²) in [7, 11) is 0. The molecule has 126 valence electrons. The number of nitrogens with one attached hydrogen (secondary N) is 2. The van der Waals surface area contributed by atoms with Gasteiger partial charge < -0.3 is 10.6 Å². The second-order valence-corrected chi connectivity index (χ2v) is 5.29. The van der Waals surface area contributed by atoms with E-state index in [9.17, 15) is 13.6 Å². The Labute approximate surface area is 142 Å². The van der Waals surface area contributed by atoms with E-state index in [-0.39, 0.29) is 17.3 Å². The minimum absolute atomic E-state index is 0.107. The molecule has 2 aromatic carbocycles. The van der Waals surface area contributed by atoms with Crippen molar-refractivity contribution >= 4 is 23.2 Å². The molecule has 0 atom stereocenters. The molecule has 1 aromatic heterocycles. The van der Waals surface area contributed by atoms with Crippen LogP contribution in [-0.2, 0) is 0 Å². The van der Waals surface area contributed by atoms with Crippen molar-refractivity contribution in [1.82, 2.24) is 9.97 Å². The smallest absolute Gasteiger partial charge is 0.274 e. The normalized spacial score (nSPS) is 10.4. The SMILES string of the molecule is Cc1cc(C(=O)Nc2ccc(F)c(F)c2)nc(Nc2ccccc2)n1. The fraction of sp³-hybridized carbons (Fsp3) is 0.0556. The second-order valence-electron chi connectivity index (χ2n) is 5.29. The summed E-state index contributed by atoms with van der Waals surface area (Å²) >= 11 is 0. The highest BCUT2D eigenvalue weighted by Gasteiger charge is 2.12. The first-order valence-corrected chi connectivity index (χ1v) is 7.45. The highest BCUT2D eigenvalue weighted by molar-refractivity contribution is 6.03. The Morgan fingerprint density at radius 2 is 1.68 bits per heavy atom. The van der Waals surface area contributed by atoms with Gasteiger partial charge in [0.2, 0.25) is 5.95 Å². The molecular formula is C18H14F2N4O. The van der Waals surface area contributed by atoms with Gasteiger partial charge in [0.1, 0.15) is 5.69 Å². The second kappa shape index (κ2) is 7.04. The van der Waals surface area contributed by atoms with Crippen LogP contribution in [0, 0.1) is 18.6 Å². The minimum Gasteiger partial charge on any atom is -0.324 e. The van der Waals surface area contributed by atoms with Crippen LogP contribution in [0.2, 0.25) is 0 Å². The molecule has 0 spiro atoms. The lowest BCUT2D eigenvalue weighted by molar-refractivity contribution is 0.102. The van der Waals surface area contributed by atoms with Gasteiger partial charge in [-0.3, -0.25) is 4.79 Å². The maximum atomic E-state index is 13.2. The Morgan fingerprint density at radius 1 is 0.920 bits per heavy atom. The maximum absolute atomic E-state index is 13.2. The molecule has 2 N–H and O–H groups in total. The number of anilines is 3. The Kier molecular flexibility index (Phi) is 4.65. The number of benzene rings is 2. The van der Waals surface area contributed by atoms with E-state index >= 15 is 0 Å². The van der Waals surface area contributed by atoms with Gasteiger partial charge in [-0.15, -0.1) is 0 Å². The molecule has 1 amide bonds. The molecule has 0 bridgehead atoms. The van der Waals surface area contributed by atoms with Crippen LogP contribution >= 0.6 is 0 Å². The van der Waals surface area contributed by atoms with Gasteiger partial charge >= 0.3 is 0 Å². The monoisotopic (exact) mass is 340 g/mol. The molecular weight excluding hydrogens is 326 g/mol. The molecule has 0 fully saturated rings. The highest BCUT2D eigenvalue weighted by Crippen LogP contribution is 2.16. The van der Waals surface area contributed by atoms with Gasteiger partial charge in [0.25, 0.3) is 5.91 Å². The number of halogens is 2. The van der Waals surface area contributed by atoms with Crippen molar-refractivity contribution in [3.8, 4) is 0 Å². The zero-order valence-corrected chi connectivity index (χ0v) is 13.3. The van der Waals surface area contributed by atoms with Crippen LogP contribution in [-0.4, -0.2) is 15.9 Å². The average Bonchev–Trinajstić information content (AvgIpc) is 2.58. The molecule has 0 saturated heterocycles. The van der Waals surface area contributed by atoms with E-state index in [1.165, 1.54) is 12.1 Å². The van der Waals surface area contributed by atoms with Crippen molar-refractivity contribution in [2.75, 3.05) is 10.6 Å². The highest BCUT2D eigenvalue weighted by atomic mass is 19.2. The van der Waals surface area contributed by atoms with Gasteiger partial charge in [0.15, 0.2) is 11.6 Å². The number of nitrogens with zero attached hydrogens (tertiary/aromatic N) is 2. The number of carbonyl (C=O) groups is 1. The number of aryl methyl sites for hydroxylation is 1. The zero-order valence-electron chi connectivity index (χ0n) is 13.3. The molecule has 5 nitrogen and oxygen atoms in total. The standard InChI is InChI=1S/C18H14F2N4O/c1-11-9-16(17(25)22-13-7-8-14(19)15(20)10-13)24-18(21-11)23-12-5-3-2-4-6-12/h2-10H,1H3,(H,22,25)(H,21,23,24). The zero-order chi connectivity index (χ0) is 17.8. The van der Waals surface area contributed by atoms with Crippen molar-refractivity contribution in [2.24, 2.45) is 0 Å². The van der Waals surface area contributed by atoms with Gasteiger partial charge in [-0.2, -0.15) is 0 Å². The molecule has 1 heterocycles. The van der Waals surface area contributed by atoms with Crippen LogP contribution in [0.4, 0.5) is 26.1 Å². The summed E-state index contributed by atoms with van der Waals surface area (Å²) in [6.07, 6.45) is 0. The van der Waals surface area contributed by atoms with Gasteiger partial charge in [-0.1, -0.05) is 18.2 Å². The number of carbonyl (C=O) groups excluding carboxylic acids is 1. The minimum atomic E-state index is -1.04. The van der Waals surface area contributed by atoms with E-state index in [0.29, 0.717) is 5.69 Å². The summed E-state index contributed by atoms with van der Waals surface area (Å²) in [5.74, 6) is -2.30. The summed E-state index contributed by atoms with van der Waals surface area (Å²) in [6, 6.07) is 13.9. The van der Waals surface area contributed by atoms with E-state index in [1.54, 1.807) is 6.92 Å². The Morgan fingerprint density at radius 3 is 2.40 bits per heavy atom. The van der Waals surface area contributed by atoms with Crippen molar-refractivity contribution in [1.29, 1.82) is 0 Å². The largest absolute Gasteiger partial charge is 0.324 e. The van der Waals surface area contributed by atoms with Gasteiger partial charge in [-0.25, -0.2) is 18.7 Å². The molecule has 0 aliphatic carbocycles. The van der Waals surface area contributed by atoms with E-state index in [4.69, 9.17) is 0 Å². The quantitative estimate of drug-likeness (QED) is 0.752. The summed E-state index contributed by atoms with van der Waals surface area (Å²) in [5, 5.41) is 5.49. The number of amides is 1. The molecule has 0 aliphatic heterocycles. The first kappa shape index (κ1) is 16.5. The third-order valence-corrected chi connectivity index (χ3v) is 3.29. The summed E-state index contributed by atoms with van der Waals surface area (Å²) in [6.45, 7) is 1.73.